The number of nitrogens with two attached hydrogens (primary N) is 1. The molecule has 2 atom stereocenters. The number of amides is 1. The zero-order valence-corrected chi connectivity index (χ0v) is 9.86. The number of hydrogen-bond acceptors (Lipinski definition) is 4. The van der Waals surface area contributed by atoms with E-state index in [-0.39, 0.29) is 12.5 Å². The Balaban J connectivity index is 4.12. The van der Waals surface area contributed by atoms with Crippen LogP contribution >= 0.6 is 0 Å². The molecule has 0 saturated carbocycles. The van der Waals surface area contributed by atoms with Crippen molar-refractivity contribution in [3.8, 4) is 0 Å². The number of aliphatic carboxylic acids is 1. The quantitative estimate of drug-likeness (QED) is 0.484. The first-order chi connectivity index (χ1) is 7.16. The SMILES string of the molecule is CC(C)C[C@@H](N)C(=O)NCC(C)(O)C(=O)O. The first-order valence-electron chi connectivity index (χ1n) is 5.16. The summed E-state index contributed by atoms with van der Waals surface area (Å²) >= 11 is 0. The molecule has 94 valence electrons. The molecule has 0 saturated heterocycles. The van der Waals surface area contributed by atoms with Gasteiger partial charge in [0.15, 0.2) is 5.60 Å². The Morgan fingerprint density at radius 3 is 2.31 bits per heavy atom. The predicted molar refractivity (Wildman–Crippen MR) is 58.7 cm³/mol. The van der Waals surface area contributed by atoms with Crippen molar-refractivity contribution >= 4 is 11.9 Å². The van der Waals surface area contributed by atoms with Crippen molar-refractivity contribution in [3.63, 3.8) is 0 Å². The van der Waals surface area contributed by atoms with E-state index in [2.05, 4.69) is 5.32 Å². The van der Waals surface area contributed by atoms with E-state index in [4.69, 9.17) is 10.8 Å². The average molecular weight is 232 g/mol. The normalized spacial score (nSPS) is 16.6. The lowest BCUT2D eigenvalue weighted by Crippen LogP contribution is -2.50. The second kappa shape index (κ2) is 5.81. The van der Waals surface area contributed by atoms with Gasteiger partial charge in [-0.05, 0) is 19.3 Å². The molecular formula is C10H20N2O4. The van der Waals surface area contributed by atoms with Crippen LogP contribution in [0.5, 0.6) is 0 Å². The highest BCUT2D eigenvalue weighted by Crippen LogP contribution is 2.04. The number of nitrogens with one attached hydrogen (secondary N) is 1. The third-order valence-electron chi connectivity index (χ3n) is 2.13. The molecule has 0 radical (unpaired) electrons. The van der Waals surface area contributed by atoms with Gasteiger partial charge in [-0.25, -0.2) is 4.79 Å². The van der Waals surface area contributed by atoms with Crippen LogP contribution in [0.3, 0.4) is 0 Å². The number of carbonyl (C=O) groups excluding carboxylic acids is 1. The van der Waals surface area contributed by atoms with Crippen LogP contribution in [0.4, 0.5) is 0 Å². The lowest BCUT2D eigenvalue weighted by Gasteiger charge is -2.20. The fraction of sp³-hybridized carbons (Fsp3) is 0.800. The van der Waals surface area contributed by atoms with Crippen LogP contribution in [-0.2, 0) is 9.59 Å². The maximum Gasteiger partial charge on any atom is 0.337 e. The summed E-state index contributed by atoms with van der Waals surface area (Å²) in [7, 11) is 0. The lowest BCUT2D eigenvalue weighted by atomic mass is 10.0. The minimum atomic E-state index is -1.97. The van der Waals surface area contributed by atoms with E-state index in [1.807, 2.05) is 13.8 Å². The van der Waals surface area contributed by atoms with Crippen molar-refractivity contribution in [2.24, 2.45) is 11.7 Å². The monoisotopic (exact) mass is 232 g/mol. The Bertz CT molecular complexity index is 264. The highest BCUT2D eigenvalue weighted by atomic mass is 16.4. The van der Waals surface area contributed by atoms with Crippen molar-refractivity contribution in [1.82, 2.24) is 5.32 Å². The van der Waals surface area contributed by atoms with Crippen molar-refractivity contribution in [1.29, 1.82) is 0 Å². The number of rotatable bonds is 6. The summed E-state index contributed by atoms with van der Waals surface area (Å²) in [6, 6.07) is -0.676. The molecule has 0 aromatic heterocycles. The Hall–Kier alpha value is -1.14. The molecule has 0 fully saturated rings. The Kier molecular flexibility index (Phi) is 5.40. The van der Waals surface area contributed by atoms with Gasteiger partial charge in [-0.2, -0.15) is 0 Å². The van der Waals surface area contributed by atoms with E-state index in [1.54, 1.807) is 0 Å². The van der Waals surface area contributed by atoms with E-state index < -0.39 is 23.5 Å². The van der Waals surface area contributed by atoms with Gasteiger partial charge in [0.05, 0.1) is 12.6 Å². The van der Waals surface area contributed by atoms with E-state index in [0.717, 1.165) is 6.92 Å². The van der Waals surface area contributed by atoms with Crippen molar-refractivity contribution in [2.75, 3.05) is 6.54 Å². The summed E-state index contributed by atoms with van der Waals surface area (Å²) in [5.74, 6) is -1.55. The second-order valence-corrected chi connectivity index (χ2v) is 4.53. The zero-order valence-electron chi connectivity index (χ0n) is 9.86. The van der Waals surface area contributed by atoms with Gasteiger partial charge in [-0.15, -0.1) is 0 Å². The Morgan fingerprint density at radius 1 is 1.44 bits per heavy atom. The molecule has 0 aromatic carbocycles. The molecule has 0 aliphatic heterocycles. The molecule has 6 nitrogen and oxygen atoms in total. The molecule has 16 heavy (non-hydrogen) atoms. The summed E-state index contributed by atoms with van der Waals surface area (Å²) in [6.45, 7) is 4.62. The third-order valence-corrected chi connectivity index (χ3v) is 2.13. The van der Waals surface area contributed by atoms with Crippen molar-refractivity contribution in [3.05, 3.63) is 0 Å². The lowest BCUT2D eigenvalue weighted by molar-refractivity contribution is -0.156. The molecule has 1 amide bonds. The number of hydrogen-bond donors (Lipinski definition) is 4. The summed E-state index contributed by atoms with van der Waals surface area (Å²) in [4.78, 5) is 22.0. The molecule has 0 rings (SSSR count). The maximum absolute atomic E-state index is 11.4. The van der Waals surface area contributed by atoms with Gasteiger partial charge < -0.3 is 21.3 Å². The fourth-order valence-electron chi connectivity index (χ4n) is 1.08. The second-order valence-electron chi connectivity index (χ2n) is 4.53. The Labute approximate surface area is 94.8 Å². The van der Waals surface area contributed by atoms with Gasteiger partial charge in [0.1, 0.15) is 0 Å². The molecule has 5 N–H and O–H groups in total. The van der Waals surface area contributed by atoms with Gasteiger partial charge >= 0.3 is 5.97 Å². The zero-order chi connectivity index (χ0) is 12.9. The molecule has 0 bridgehead atoms. The topological polar surface area (TPSA) is 113 Å². The molecule has 0 aliphatic rings. The largest absolute Gasteiger partial charge is 0.479 e. The van der Waals surface area contributed by atoms with Crippen LogP contribution in [-0.4, -0.2) is 40.3 Å². The highest BCUT2D eigenvalue weighted by Gasteiger charge is 2.30. The molecule has 0 heterocycles. The smallest absolute Gasteiger partial charge is 0.337 e. The van der Waals surface area contributed by atoms with Gasteiger partial charge in [-0.1, -0.05) is 13.8 Å². The van der Waals surface area contributed by atoms with Crippen LogP contribution in [0.15, 0.2) is 0 Å². The first kappa shape index (κ1) is 14.9. The van der Waals surface area contributed by atoms with Gasteiger partial charge in [-0.3, -0.25) is 4.79 Å². The van der Waals surface area contributed by atoms with Crippen LogP contribution in [0.2, 0.25) is 0 Å². The third kappa shape index (κ3) is 5.09. The van der Waals surface area contributed by atoms with Crippen LogP contribution < -0.4 is 11.1 Å². The minimum absolute atomic E-state index is 0.278. The van der Waals surface area contributed by atoms with E-state index in [0.29, 0.717) is 6.42 Å². The van der Waals surface area contributed by atoms with E-state index in [1.165, 1.54) is 0 Å². The van der Waals surface area contributed by atoms with Crippen molar-refractivity contribution in [2.45, 2.75) is 38.8 Å². The summed E-state index contributed by atoms with van der Waals surface area (Å²) in [6.07, 6.45) is 0.515. The number of carboxylic acid groups (broad SMARTS) is 1. The molecule has 1 unspecified atom stereocenters. The van der Waals surface area contributed by atoms with Gasteiger partial charge in [0.2, 0.25) is 5.91 Å². The standard InChI is InChI=1S/C10H20N2O4/c1-6(2)4-7(11)8(13)12-5-10(3,16)9(14)15/h6-7,16H,4-5,11H2,1-3H3,(H,12,13)(H,14,15)/t7-,10?/m1/s1. The van der Waals surface area contributed by atoms with Crippen LogP contribution in [0, 0.1) is 5.92 Å². The summed E-state index contributed by atoms with van der Waals surface area (Å²) in [5.41, 5.74) is 3.62. The summed E-state index contributed by atoms with van der Waals surface area (Å²) in [5, 5.41) is 20.3. The minimum Gasteiger partial charge on any atom is -0.479 e. The maximum atomic E-state index is 11.4. The number of carbonyl (C=O) groups is 2. The molecular weight excluding hydrogens is 212 g/mol. The highest BCUT2D eigenvalue weighted by molar-refractivity contribution is 5.83. The number of aliphatic hydroxyl groups is 1. The van der Waals surface area contributed by atoms with Crippen LogP contribution in [0.25, 0.3) is 0 Å². The van der Waals surface area contributed by atoms with Crippen LogP contribution in [0.1, 0.15) is 27.2 Å². The Morgan fingerprint density at radius 2 is 1.94 bits per heavy atom. The van der Waals surface area contributed by atoms with Gasteiger partial charge in [0, 0.05) is 0 Å². The van der Waals surface area contributed by atoms with E-state index >= 15 is 0 Å². The molecule has 0 spiro atoms. The summed E-state index contributed by atoms with van der Waals surface area (Å²) < 4.78 is 0. The van der Waals surface area contributed by atoms with Crippen molar-refractivity contribution < 1.29 is 19.8 Å². The number of carboxylic acids is 1. The first-order valence-corrected chi connectivity index (χ1v) is 5.16. The predicted octanol–water partition coefficient (Wildman–Crippen LogP) is -0.688. The van der Waals surface area contributed by atoms with E-state index in [9.17, 15) is 14.7 Å². The molecule has 0 aromatic rings. The fourth-order valence-corrected chi connectivity index (χ4v) is 1.08. The molecule has 6 heteroatoms. The average Bonchev–Trinajstić information content (AvgIpc) is 2.12. The molecule has 0 aliphatic carbocycles. The van der Waals surface area contributed by atoms with Gasteiger partial charge in [0.25, 0.3) is 0 Å².